The second-order valence-electron chi connectivity index (χ2n) is 4.25. The van der Waals surface area contributed by atoms with E-state index < -0.39 is 13.7 Å². The summed E-state index contributed by atoms with van der Waals surface area (Å²) in [6.07, 6.45) is 3.11. The Balaban J connectivity index is 0.00000324. The maximum atomic E-state index is 11.0. The zero-order valence-electron chi connectivity index (χ0n) is 10.8. The van der Waals surface area contributed by atoms with E-state index in [1.807, 2.05) is 0 Å². The van der Waals surface area contributed by atoms with Crippen LogP contribution in [0.15, 0.2) is 24.5 Å². The van der Waals surface area contributed by atoms with Crippen molar-refractivity contribution >= 4 is 7.60 Å². The van der Waals surface area contributed by atoms with Gasteiger partial charge in [-0.1, -0.05) is 0 Å². The molecule has 1 aromatic heterocycles. The third-order valence-corrected chi connectivity index (χ3v) is 3.72. The van der Waals surface area contributed by atoms with Crippen LogP contribution in [-0.4, -0.2) is 27.5 Å². The van der Waals surface area contributed by atoms with Gasteiger partial charge in [0.15, 0.2) is 26.5 Å². The topological polar surface area (TPSA) is 108 Å². The summed E-state index contributed by atoms with van der Waals surface area (Å²) in [5.74, 6) is 0. The van der Waals surface area contributed by atoms with Gasteiger partial charge in [0.2, 0.25) is 0 Å². The fourth-order valence-corrected chi connectivity index (χ4v) is 1.90. The monoisotopic (exact) mass is 363 g/mol. The SMILES string of the molecule is C[C-](Cc1ccc[n+](CC(O)CN)c1)P(=O)(O)O.[Y]. The quantitative estimate of drug-likeness (QED) is 0.312. The number of hydrogen-bond donors (Lipinski definition) is 4. The summed E-state index contributed by atoms with van der Waals surface area (Å²) < 4.78 is 12.8. The van der Waals surface area contributed by atoms with Gasteiger partial charge in [0.05, 0.1) is 0 Å². The van der Waals surface area contributed by atoms with Gasteiger partial charge in [-0.25, -0.2) is 4.57 Å². The predicted octanol–water partition coefficient (Wildman–Crippen LogP) is -0.437. The first-order chi connectivity index (χ1) is 8.32. The van der Waals surface area contributed by atoms with Gasteiger partial charge in [0, 0.05) is 45.3 Å². The number of rotatable bonds is 6. The van der Waals surface area contributed by atoms with Crippen molar-refractivity contribution in [1.82, 2.24) is 0 Å². The summed E-state index contributed by atoms with van der Waals surface area (Å²) in [7, 11) is -4.13. The summed E-state index contributed by atoms with van der Waals surface area (Å²) in [4.78, 5) is 18.0. The number of pyridine rings is 1. The van der Waals surface area contributed by atoms with E-state index in [1.54, 1.807) is 29.1 Å². The molecular weight excluding hydrogens is 344 g/mol. The Kier molecular flexibility index (Phi) is 8.72. The standard InChI is InChI=1S/C11H19N2O4P.Y/c1-9(18(15,16)17)5-10-3-2-4-13(7-10)8-11(14)6-12;/h2-4,7,11,14H,5-6,8,12H2,1H3,(H2,15,16,17);. The number of aliphatic hydroxyl groups is 1. The molecule has 0 aliphatic carbocycles. The molecule has 1 unspecified atom stereocenters. The summed E-state index contributed by atoms with van der Waals surface area (Å²) >= 11 is 0. The van der Waals surface area contributed by atoms with E-state index >= 15 is 0 Å². The van der Waals surface area contributed by atoms with Gasteiger partial charge in [0.1, 0.15) is 6.10 Å². The fraction of sp³-hybridized carbons (Fsp3) is 0.455. The van der Waals surface area contributed by atoms with Crippen molar-refractivity contribution in [1.29, 1.82) is 0 Å². The molecule has 1 heterocycles. The normalized spacial score (nSPS) is 13.2. The molecule has 0 aliphatic rings. The zero-order valence-corrected chi connectivity index (χ0v) is 14.5. The number of hydrogen-bond acceptors (Lipinski definition) is 3. The van der Waals surface area contributed by atoms with Crippen LogP contribution in [0.4, 0.5) is 0 Å². The Bertz CT molecular complexity index is 440. The van der Waals surface area contributed by atoms with Crippen LogP contribution in [0.2, 0.25) is 0 Å². The summed E-state index contributed by atoms with van der Waals surface area (Å²) in [6, 6.07) is 3.55. The van der Waals surface area contributed by atoms with Gasteiger partial charge >= 0.3 is 0 Å². The average Bonchev–Trinajstić information content (AvgIpc) is 2.28. The molecule has 0 aliphatic heterocycles. The van der Waals surface area contributed by atoms with Crippen LogP contribution in [0.1, 0.15) is 12.5 Å². The predicted molar refractivity (Wildman–Crippen MR) is 66.4 cm³/mol. The first kappa shape index (κ1) is 19.3. The van der Waals surface area contributed by atoms with Gasteiger partial charge in [-0.05, 0) is 11.6 Å². The van der Waals surface area contributed by atoms with Crippen LogP contribution in [-0.2, 0) is 50.2 Å². The molecule has 0 spiro atoms. The second-order valence-corrected chi connectivity index (χ2v) is 6.11. The molecule has 5 N–H and O–H groups in total. The largest absolute Gasteiger partial charge is 0.385 e. The first-order valence-electron chi connectivity index (χ1n) is 5.57. The number of nitrogens with zero attached hydrogens (tertiary/aromatic N) is 1. The summed E-state index contributed by atoms with van der Waals surface area (Å²) in [6.45, 7) is 1.97. The molecule has 6 nitrogen and oxygen atoms in total. The maximum Gasteiger partial charge on any atom is 0.184 e. The fourth-order valence-electron chi connectivity index (χ4n) is 1.51. The number of nitrogens with two attached hydrogens (primary N) is 1. The van der Waals surface area contributed by atoms with Crippen molar-refractivity contribution in [3.05, 3.63) is 35.7 Å². The first-order valence-corrected chi connectivity index (χ1v) is 7.19. The van der Waals surface area contributed by atoms with Crippen molar-refractivity contribution in [3.63, 3.8) is 0 Å². The van der Waals surface area contributed by atoms with E-state index in [4.69, 9.17) is 15.5 Å². The molecule has 0 aromatic carbocycles. The molecule has 1 radical (unpaired) electrons. The van der Waals surface area contributed by atoms with E-state index in [0.29, 0.717) is 6.54 Å². The van der Waals surface area contributed by atoms with Crippen molar-refractivity contribution in [2.75, 3.05) is 6.54 Å². The number of aliphatic hydroxyl groups excluding tert-OH is 1. The molecule has 1 rings (SSSR count). The smallest absolute Gasteiger partial charge is 0.184 e. The van der Waals surface area contributed by atoms with Crippen molar-refractivity contribution in [3.8, 4) is 0 Å². The molecule has 1 atom stereocenters. The van der Waals surface area contributed by atoms with Crippen molar-refractivity contribution in [2.45, 2.75) is 26.0 Å². The molecule has 19 heavy (non-hydrogen) atoms. The third kappa shape index (κ3) is 7.05. The summed E-state index contributed by atoms with van der Waals surface area (Å²) in [5, 5.41) is 9.44. The molecule has 0 saturated carbocycles. The van der Waals surface area contributed by atoms with Crippen LogP contribution in [0.5, 0.6) is 0 Å². The Hall–Kier alpha value is 0.324. The maximum absolute atomic E-state index is 11.0. The molecule has 1 aromatic rings. The molecule has 0 bridgehead atoms. The van der Waals surface area contributed by atoms with Crippen LogP contribution in [0.3, 0.4) is 0 Å². The summed E-state index contributed by atoms with van der Waals surface area (Å²) in [5.41, 5.74) is 6.23. The van der Waals surface area contributed by atoms with Crippen LogP contribution in [0, 0.1) is 5.66 Å². The Morgan fingerprint density at radius 2 is 2.16 bits per heavy atom. The minimum absolute atomic E-state index is 0. The van der Waals surface area contributed by atoms with Crippen molar-refractivity contribution < 1.29 is 56.7 Å². The third-order valence-electron chi connectivity index (χ3n) is 2.57. The molecule has 8 heteroatoms. The zero-order chi connectivity index (χ0) is 13.8. The molecule has 0 saturated heterocycles. The van der Waals surface area contributed by atoms with E-state index in [0.717, 1.165) is 5.56 Å². The molecule has 0 fully saturated rings. The molecular formula is C11H19N2O4PY. The van der Waals surface area contributed by atoms with Gasteiger partial charge in [-0.15, -0.1) is 6.42 Å². The Morgan fingerprint density at radius 3 is 2.68 bits per heavy atom. The van der Waals surface area contributed by atoms with Crippen LogP contribution in [0.25, 0.3) is 0 Å². The van der Waals surface area contributed by atoms with Gasteiger partial charge < -0.3 is 20.6 Å². The molecule has 105 valence electrons. The molecule has 0 amide bonds. The van der Waals surface area contributed by atoms with E-state index in [9.17, 15) is 9.67 Å². The average molecular weight is 363 g/mol. The van der Waals surface area contributed by atoms with E-state index in [2.05, 4.69) is 0 Å². The minimum Gasteiger partial charge on any atom is -0.385 e. The van der Waals surface area contributed by atoms with E-state index in [-0.39, 0.29) is 51.3 Å². The minimum atomic E-state index is -4.13. The van der Waals surface area contributed by atoms with Crippen LogP contribution < -0.4 is 10.3 Å². The number of aromatic nitrogens is 1. The van der Waals surface area contributed by atoms with Crippen molar-refractivity contribution in [2.24, 2.45) is 5.73 Å². The van der Waals surface area contributed by atoms with E-state index in [1.165, 1.54) is 6.92 Å². The van der Waals surface area contributed by atoms with Crippen LogP contribution >= 0.6 is 7.60 Å². The van der Waals surface area contributed by atoms with Gasteiger partial charge in [-0.2, -0.15) is 12.6 Å². The van der Waals surface area contributed by atoms with Gasteiger partial charge in [-0.3, -0.25) is 4.57 Å². The van der Waals surface area contributed by atoms with Gasteiger partial charge in [0.25, 0.3) is 0 Å². The Labute approximate surface area is 138 Å². The second kappa shape index (κ2) is 8.58. The Morgan fingerprint density at radius 1 is 1.53 bits per heavy atom.